The van der Waals surface area contributed by atoms with E-state index in [4.69, 9.17) is 0 Å². The van der Waals surface area contributed by atoms with E-state index in [1.165, 1.54) is 11.1 Å². The average molecular weight is 332 g/mol. The Morgan fingerprint density at radius 1 is 1.00 bits per heavy atom. The van der Waals surface area contributed by atoms with Crippen LogP contribution in [0.2, 0.25) is 0 Å². The van der Waals surface area contributed by atoms with Gasteiger partial charge in [0, 0.05) is 17.4 Å². The minimum atomic E-state index is 0. The van der Waals surface area contributed by atoms with E-state index in [1.807, 2.05) is 27.7 Å². The van der Waals surface area contributed by atoms with E-state index in [1.54, 1.807) is 0 Å². The van der Waals surface area contributed by atoms with E-state index in [-0.39, 0.29) is 13.0 Å². The first kappa shape index (κ1) is 23.7. The quantitative estimate of drug-likeness (QED) is 0.654. The van der Waals surface area contributed by atoms with Gasteiger partial charge in [0.1, 0.15) is 0 Å². The number of alkyl halides is 1. The summed E-state index contributed by atoms with van der Waals surface area (Å²) >= 11 is 3.46. The van der Waals surface area contributed by atoms with Gasteiger partial charge in [0.2, 0.25) is 0 Å². The van der Waals surface area contributed by atoms with Gasteiger partial charge in [-0.05, 0) is 31.9 Å². The predicted octanol–water partition coefficient (Wildman–Crippen LogP) is 6.16. The van der Waals surface area contributed by atoms with Crippen molar-refractivity contribution in [2.45, 2.75) is 73.3 Å². The number of benzene rings is 1. The van der Waals surface area contributed by atoms with Gasteiger partial charge in [0.15, 0.2) is 0 Å². The minimum Gasteiger partial charge on any atom is -0.308 e. The van der Waals surface area contributed by atoms with E-state index in [0.717, 1.165) is 11.9 Å². The molecule has 0 amide bonds. The summed E-state index contributed by atoms with van der Waals surface area (Å²) in [6.45, 7) is 15.5. The second-order valence-corrected chi connectivity index (χ2v) is 5.12. The van der Waals surface area contributed by atoms with Crippen LogP contribution >= 0.6 is 15.9 Å². The topological polar surface area (TPSA) is 12.0 Å². The molecule has 0 unspecified atom stereocenters. The summed E-state index contributed by atoms with van der Waals surface area (Å²) in [7, 11) is 0. The smallest absolute Gasteiger partial charge is 0.0283 e. The maximum Gasteiger partial charge on any atom is 0.0283 e. The first-order valence-electron chi connectivity index (χ1n) is 6.90. The van der Waals surface area contributed by atoms with Crippen LogP contribution in [0, 0.1) is 0 Å². The zero-order valence-corrected chi connectivity index (χ0v) is 14.7. The SMILES string of the molecule is C.CC.CC.CC(C)(C)NCc1cccc(CBr)c1. The molecule has 2 heteroatoms. The van der Waals surface area contributed by atoms with Crippen molar-refractivity contribution < 1.29 is 0 Å². The second-order valence-electron chi connectivity index (χ2n) is 4.56. The molecule has 0 fully saturated rings. The highest BCUT2D eigenvalue weighted by Gasteiger charge is 2.07. The van der Waals surface area contributed by atoms with Crippen molar-refractivity contribution in [3.05, 3.63) is 35.4 Å². The highest BCUT2D eigenvalue weighted by molar-refractivity contribution is 9.08. The fourth-order valence-electron chi connectivity index (χ4n) is 1.19. The van der Waals surface area contributed by atoms with Gasteiger partial charge in [-0.1, -0.05) is 75.3 Å². The van der Waals surface area contributed by atoms with E-state index >= 15 is 0 Å². The molecule has 0 aliphatic carbocycles. The van der Waals surface area contributed by atoms with Crippen LogP contribution < -0.4 is 5.32 Å². The molecule has 1 rings (SSSR count). The molecule has 0 aliphatic heterocycles. The van der Waals surface area contributed by atoms with Crippen molar-refractivity contribution in [1.82, 2.24) is 5.32 Å². The second kappa shape index (κ2) is 14.1. The third-order valence-electron chi connectivity index (χ3n) is 1.97. The van der Waals surface area contributed by atoms with Crippen LogP contribution in [-0.2, 0) is 11.9 Å². The number of nitrogens with one attached hydrogen (secondary N) is 1. The summed E-state index contributed by atoms with van der Waals surface area (Å²) in [5.74, 6) is 0. The highest BCUT2D eigenvalue weighted by atomic mass is 79.9. The van der Waals surface area contributed by atoms with Crippen molar-refractivity contribution in [3.8, 4) is 0 Å². The summed E-state index contributed by atoms with van der Waals surface area (Å²) in [5.41, 5.74) is 2.86. The largest absolute Gasteiger partial charge is 0.308 e. The van der Waals surface area contributed by atoms with Gasteiger partial charge in [0.05, 0.1) is 0 Å². The Kier molecular flexibility index (Phi) is 17.6. The average Bonchev–Trinajstić information content (AvgIpc) is 2.40. The number of hydrogen-bond acceptors (Lipinski definition) is 1. The van der Waals surface area contributed by atoms with Crippen LogP contribution in [-0.4, -0.2) is 5.54 Å². The molecule has 19 heavy (non-hydrogen) atoms. The Balaban J connectivity index is -0.000000467. The monoisotopic (exact) mass is 331 g/mol. The van der Waals surface area contributed by atoms with E-state index < -0.39 is 0 Å². The predicted molar refractivity (Wildman–Crippen MR) is 95.1 cm³/mol. The molecule has 1 nitrogen and oxygen atoms in total. The Morgan fingerprint density at radius 2 is 1.47 bits per heavy atom. The van der Waals surface area contributed by atoms with Gasteiger partial charge in [-0.15, -0.1) is 0 Å². The minimum absolute atomic E-state index is 0. The number of rotatable bonds is 3. The van der Waals surface area contributed by atoms with Crippen molar-refractivity contribution in [2.75, 3.05) is 0 Å². The first-order valence-corrected chi connectivity index (χ1v) is 8.02. The maximum absolute atomic E-state index is 3.47. The van der Waals surface area contributed by atoms with Crippen LogP contribution in [0.5, 0.6) is 0 Å². The molecule has 0 saturated heterocycles. The lowest BCUT2D eigenvalue weighted by Crippen LogP contribution is -2.35. The Hall–Kier alpha value is -0.340. The molecule has 114 valence electrons. The highest BCUT2D eigenvalue weighted by Crippen LogP contribution is 2.10. The summed E-state index contributed by atoms with van der Waals surface area (Å²) in [6, 6.07) is 8.63. The zero-order chi connectivity index (χ0) is 14.6. The molecule has 0 aromatic heterocycles. The van der Waals surface area contributed by atoms with Gasteiger partial charge in [-0.25, -0.2) is 0 Å². The Labute approximate surface area is 130 Å². The Bertz CT molecular complexity index is 290. The lowest BCUT2D eigenvalue weighted by molar-refractivity contribution is 0.424. The van der Waals surface area contributed by atoms with Crippen molar-refractivity contribution >= 4 is 15.9 Å². The van der Waals surface area contributed by atoms with Gasteiger partial charge in [-0.3, -0.25) is 0 Å². The van der Waals surface area contributed by atoms with Crippen LogP contribution in [0.25, 0.3) is 0 Å². The molecule has 0 heterocycles. The van der Waals surface area contributed by atoms with Crippen LogP contribution in [0.1, 0.15) is 67.0 Å². The van der Waals surface area contributed by atoms with E-state index in [0.29, 0.717) is 0 Å². The first-order chi connectivity index (χ1) is 8.51. The fraction of sp³-hybridized carbons (Fsp3) is 0.647. The molecule has 0 aliphatic rings. The van der Waals surface area contributed by atoms with Crippen LogP contribution in [0.15, 0.2) is 24.3 Å². The van der Waals surface area contributed by atoms with Crippen molar-refractivity contribution in [2.24, 2.45) is 0 Å². The summed E-state index contributed by atoms with van der Waals surface area (Å²) in [6.07, 6.45) is 0. The molecule has 0 spiro atoms. The Morgan fingerprint density at radius 3 is 1.89 bits per heavy atom. The number of halogens is 1. The molecule has 0 bridgehead atoms. The number of hydrogen-bond donors (Lipinski definition) is 1. The normalized spacial score (nSPS) is 9.26. The molecule has 0 atom stereocenters. The van der Waals surface area contributed by atoms with Gasteiger partial charge in [0.25, 0.3) is 0 Å². The van der Waals surface area contributed by atoms with Crippen LogP contribution in [0.3, 0.4) is 0 Å². The molecule has 0 saturated carbocycles. The summed E-state index contributed by atoms with van der Waals surface area (Å²) in [5, 5.41) is 4.40. The molecule has 1 N–H and O–H groups in total. The molecular weight excluding hydrogens is 298 g/mol. The van der Waals surface area contributed by atoms with Crippen molar-refractivity contribution in [1.29, 1.82) is 0 Å². The lowest BCUT2D eigenvalue weighted by atomic mass is 10.1. The summed E-state index contributed by atoms with van der Waals surface area (Å²) < 4.78 is 0. The third-order valence-corrected chi connectivity index (χ3v) is 2.62. The molecular formula is C17H34BrN. The standard InChI is InChI=1S/C12H18BrN.2C2H6.CH4/c1-12(2,3)14-9-11-6-4-5-10(7-11)8-13;2*1-2;/h4-7,14H,8-9H2,1-3H3;2*1-2H3;1H4. The van der Waals surface area contributed by atoms with Gasteiger partial charge < -0.3 is 5.32 Å². The van der Waals surface area contributed by atoms with E-state index in [9.17, 15) is 0 Å². The third kappa shape index (κ3) is 13.9. The lowest BCUT2D eigenvalue weighted by Gasteiger charge is -2.20. The molecule has 1 aromatic carbocycles. The fourth-order valence-corrected chi connectivity index (χ4v) is 1.54. The molecule has 0 radical (unpaired) electrons. The zero-order valence-electron chi connectivity index (χ0n) is 13.1. The maximum atomic E-state index is 3.47. The van der Waals surface area contributed by atoms with Crippen molar-refractivity contribution in [3.63, 3.8) is 0 Å². The van der Waals surface area contributed by atoms with Crippen LogP contribution in [0.4, 0.5) is 0 Å². The van der Waals surface area contributed by atoms with Gasteiger partial charge in [-0.2, -0.15) is 0 Å². The van der Waals surface area contributed by atoms with Gasteiger partial charge >= 0.3 is 0 Å². The summed E-state index contributed by atoms with van der Waals surface area (Å²) in [4.78, 5) is 0. The molecule has 1 aromatic rings. The van der Waals surface area contributed by atoms with E-state index in [2.05, 4.69) is 66.3 Å².